The summed E-state index contributed by atoms with van der Waals surface area (Å²) in [7, 11) is 0. The Kier molecular flexibility index (Phi) is 2.90. The summed E-state index contributed by atoms with van der Waals surface area (Å²) in [4.78, 5) is 2.30. The average molecular weight is 262 g/mol. The maximum atomic E-state index is 9.13. The van der Waals surface area contributed by atoms with E-state index < -0.39 is 0 Å². The van der Waals surface area contributed by atoms with E-state index >= 15 is 0 Å². The molecule has 3 rings (SSSR count). The second kappa shape index (κ2) is 4.43. The first kappa shape index (κ1) is 11.8. The van der Waals surface area contributed by atoms with E-state index in [-0.39, 0.29) is 0 Å². The fourth-order valence-electron chi connectivity index (χ4n) is 3.42. The van der Waals surface area contributed by atoms with Crippen LogP contribution in [-0.4, -0.2) is 17.5 Å². The third-order valence-corrected chi connectivity index (χ3v) is 5.51. The van der Waals surface area contributed by atoms with Crippen molar-refractivity contribution in [3.8, 4) is 6.07 Å². The van der Waals surface area contributed by atoms with Gasteiger partial charge in [0.15, 0.2) is 5.82 Å². The summed E-state index contributed by atoms with van der Waals surface area (Å²) in [5.41, 5.74) is 6.91. The SMILES string of the molecule is N#Cc1c(N)nsc1N1CCC2(CCCC2)CC1. The van der Waals surface area contributed by atoms with Crippen LogP contribution in [0.15, 0.2) is 0 Å². The molecule has 0 aromatic carbocycles. The van der Waals surface area contributed by atoms with Crippen molar-refractivity contribution in [2.45, 2.75) is 38.5 Å². The highest BCUT2D eigenvalue weighted by Crippen LogP contribution is 2.47. The smallest absolute Gasteiger partial charge is 0.157 e. The third kappa shape index (κ3) is 1.85. The minimum Gasteiger partial charge on any atom is -0.382 e. The average Bonchev–Trinajstić information content (AvgIpc) is 2.98. The van der Waals surface area contributed by atoms with Crippen LogP contribution < -0.4 is 10.6 Å². The molecule has 1 saturated heterocycles. The van der Waals surface area contributed by atoms with Gasteiger partial charge in [0.2, 0.25) is 0 Å². The lowest BCUT2D eigenvalue weighted by Gasteiger charge is -2.39. The Bertz CT molecular complexity index is 472. The molecular formula is C13H18N4S. The van der Waals surface area contributed by atoms with Gasteiger partial charge in [-0.05, 0) is 42.6 Å². The highest BCUT2D eigenvalue weighted by molar-refractivity contribution is 7.10. The van der Waals surface area contributed by atoms with Crippen LogP contribution in [-0.2, 0) is 0 Å². The molecule has 0 atom stereocenters. The van der Waals surface area contributed by atoms with Crippen LogP contribution in [0.5, 0.6) is 0 Å². The summed E-state index contributed by atoms with van der Waals surface area (Å²) in [6, 6.07) is 2.18. The van der Waals surface area contributed by atoms with Crippen molar-refractivity contribution in [2.75, 3.05) is 23.7 Å². The van der Waals surface area contributed by atoms with Gasteiger partial charge in [-0.15, -0.1) is 0 Å². The molecular weight excluding hydrogens is 244 g/mol. The Hall–Kier alpha value is -1.28. The number of aromatic nitrogens is 1. The van der Waals surface area contributed by atoms with Gasteiger partial charge in [0.1, 0.15) is 16.6 Å². The number of nitriles is 1. The Balaban J connectivity index is 1.74. The molecule has 96 valence electrons. The number of nitrogens with zero attached hydrogens (tertiary/aromatic N) is 3. The lowest BCUT2D eigenvalue weighted by atomic mass is 9.77. The summed E-state index contributed by atoms with van der Waals surface area (Å²) in [6.45, 7) is 2.10. The molecule has 4 nitrogen and oxygen atoms in total. The maximum absolute atomic E-state index is 9.13. The highest BCUT2D eigenvalue weighted by atomic mass is 32.1. The second-order valence-corrected chi connectivity index (χ2v) is 6.31. The summed E-state index contributed by atoms with van der Waals surface area (Å²) in [5, 5.41) is 10.1. The van der Waals surface area contributed by atoms with Gasteiger partial charge in [-0.3, -0.25) is 0 Å². The Labute approximate surface area is 112 Å². The predicted octanol–water partition coefficient (Wildman–Crippen LogP) is 2.76. The summed E-state index contributed by atoms with van der Waals surface area (Å²) >= 11 is 1.37. The van der Waals surface area contributed by atoms with Crippen LogP contribution in [0.25, 0.3) is 0 Å². The van der Waals surface area contributed by atoms with E-state index in [2.05, 4.69) is 15.3 Å². The maximum Gasteiger partial charge on any atom is 0.157 e. The molecule has 2 heterocycles. The molecule has 0 amide bonds. The Morgan fingerprint density at radius 3 is 2.50 bits per heavy atom. The minimum absolute atomic E-state index is 0.388. The molecule has 0 bridgehead atoms. The van der Waals surface area contributed by atoms with Gasteiger partial charge in [0, 0.05) is 13.1 Å². The quantitative estimate of drug-likeness (QED) is 0.845. The first-order chi connectivity index (χ1) is 8.74. The van der Waals surface area contributed by atoms with Gasteiger partial charge < -0.3 is 10.6 Å². The van der Waals surface area contributed by atoms with E-state index in [0.717, 1.165) is 18.1 Å². The molecule has 18 heavy (non-hydrogen) atoms. The number of nitrogens with two attached hydrogens (primary N) is 1. The summed E-state index contributed by atoms with van der Waals surface area (Å²) in [6.07, 6.45) is 8.12. The molecule has 2 aliphatic rings. The second-order valence-electron chi connectivity index (χ2n) is 5.55. The molecule has 0 radical (unpaired) electrons. The Morgan fingerprint density at radius 2 is 1.89 bits per heavy atom. The molecule has 1 aliphatic carbocycles. The van der Waals surface area contributed by atoms with Crippen molar-refractivity contribution in [1.29, 1.82) is 5.26 Å². The number of rotatable bonds is 1. The van der Waals surface area contributed by atoms with Gasteiger partial charge in [0.05, 0.1) is 0 Å². The van der Waals surface area contributed by atoms with Gasteiger partial charge >= 0.3 is 0 Å². The number of hydrogen-bond acceptors (Lipinski definition) is 5. The van der Waals surface area contributed by atoms with Crippen LogP contribution in [0, 0.1) is 16.7 Å². The van der Waals surface area contributed by atoms with E-state index in [1.54, 1.807) is 0 Å². The van der Waals surface area contributed by atoms with E-state index in [4.69, 9.17) is 11.0 Å². The first-order valence-electron chi connectivity index (χ1n) is 6.64. The number of hydrogen-bond donors (Lipinski definition) is 1. The molecule has 1 saturated carbocycles. The molecule has 2 fully saturated rings. The Morgan fingerprint density at radius 1 is 1.22 bits per heavy atom. The highest BCUT2D eigenvalue weighted by Gasteiger charge is 2.37. The lowest BCUT2D eigenvalue weighted by molar-refractivity contribution is 0.227. The molecule has 1 aromatic heterocycles. The zero-order chi connectivity index (χ0) is 12.6. The van der Waals surface area contributed by atoms with Crippen molar-refractivity contribution in [3.05, 3.63) is 5.56 Å². The normalized spacial score (nSPS) is 22.3. The van der Waals surface area contributed by atoms with E-state index in [1.807, 2.05) is 0 Å². The van der Waals surface area contributed by atoms with Gasteiger partial charge in [-0.1, -0.05) is 12.8 Å². The minimum atomic E-state index is 0.388. The molecule has 1 aromatic rings. The van der Waals surface area contributed by atoms with Crippen molar-refractivity contribution in [3.63, 3.8) is 0 Å². The molecule has 1 aliphatic heterocycles. The van der Waals surface area contributed by atoms with E-state index in [1.165, 1.54) is 50.1 Å². The van der Waals surface area contributed by atoms with Crippen LogP contribution in [0.2, 0.25) is 0 Å². The van der Waals surface area contributed by atoms with Gasteiger partial charge in [0.25, 0.3) is 0 Å². The summed E-state index contributed by atoms with van der Waals surface area (Å²) in [5.74, 6) is 0.388. The molecule has 5 heteroatoms. The van der Waals surface area contributed by atoms with Crippen molar-refractivity contribution < 1.29 is 0 Å². The monoisotopic (exact) mass is 262 g/mol. The zero-order valence-electron chi connectivity index (χ0n) is 10.5. The number of piperidine rings is 1. The van der Waals surface area contributed by atoms with E-state index in [0.29, 0.717) is 16.8 Å². The topological polar surface area (TPSA) is 65.9 Å². The van der Waals surface area contributed by atoms with Crippen LogP contribution in [0.1, 0.15) is 44.1 Å². The van der Waals surface area contributed by atoms with Crippen molar-refractivity contribution in [2.24, 2.45) is 5.41 Å². The fraction of sp³-hybridized carbons (Fsp3) is 0.692. The van der Waals surface area contributed by atoms with Gasteiger partial charge in [-0.25, -0.2) is 0 Å². The third-order valence-electron chi connectivity index (χ3n) is 4.59. The predicted molar refractivity (Wildman–Crippen MR) is 73.6 cm³/mol. The lowest BCUT2D eigenvalue weighted by Crippen LogP contribution is -2.38. The van der Waals surface area contributed by atoms with Crippen LogP contribution in [0.3, 0.4) is 0 Å². The summed E-state index contributed by atoms with van der Waals surface area (Å²) < 4.78 is 4.11. The van der Waals surface area contributed by atoms with Crippen LogP contribution >= 0.6 is 11.5 Å². The largest absolute Gasteiger partial charge is 0.382 e. The molecule has 2 N–H and O–H groups in total. The first-order valence-corrected chi connectivity index (χ1v) is 7.42. The molecule has 1 spiro atoms. The van der Waals surface area contributed by atoms with Crippen molar-refractivity contribution >= 4 is 22.4 Å². The van der Waals surface area contributed by atoms with Crippen LogP contribution in [0.4, 0.5) is 10.8 Å². The number of nitrogen functional groups attached to an aromatic ring is 1. The zero-order valence-corrected chi connectivity index (χ0v) is 11.3. The standard InChI is InChI=1S/C13H18N4S/c14-9-10-11(15)16-18-12(10)17-7-5-13(6-8-17)3-1-2-4-13/h1-8H2,(H2,15,16). The molecule has 0 unspecified atom stereocenters. The van der Waals surface area contributed by atoms with Gasteiger partial charge in [-0.2, -0.15) is 9.64 Å². The number of anilines is 2. The van der Waals surface area contributed by atoms with Crippen molar-refractivity contribution in [1.82, 2.24) is 4.37 Å². The van der Waals surface area contributed by atoms with E-state index in [9.17, 15) is 0 Å². The fourth-order valence-corrected chi connectivity index (χ4v) is 4.24.